The number of carbonyl (C=O) groups is 1. The lowest BCUT2D eigenvalue weighted by Crippen LogP contribution is -2.40. The van der Waals surface area contributed by atoms with Crippen LogP contribution in [0.5, 0.6) is 11.5 Å². The summed E-state index contributed by atoms with van der Waals surface area (Å²) in [6.45, 7) is 8.36. The van der Waals surface area contributed by atoms with Crippen LogP contribution in [-0.2, 0) is 4.79 Å². The van der Waals surface area contributed by atoms with Gasteiger partial charge in [-0.1, -0.05) is 54.3 Å². The molecular formula is C32H27I2N3O4S. The van der Waals surface area contributed by atoms with E-state index in [2.05, 4.69) is 57.1 Å². The van der Waals surface area contributed by atoms with Gasteiger partial charge in [0.15, 0.2) is 4.80 Å². The van der Waals surface area contributed by atoms with E-state index in [4.69, 9.17) is 14.5 Å². The second-order valence-corrected chi connectivity index (χ2v) is 12.7. The zero-order chi connectivity index (χ0) is 29.8. The normalized spacial score (nSPS) is 14.7. The van der Waals surface area contributed by atoms with Crippen molar-refractivity contribution in [2.45, 2.75) is 19.9 Å². The lowest BCUT2D eigenvalue weighted by molar-refractivity contribution is -0.113. The predicted octanol–water partition coefficient (Wildman–Crippen LogP) is 6.05. The SMILES string of the molecule is C=CCOc1c(I)cc(I)cc1/C=c1\sc2n(c1=O)[C@H](c1ccc(OCC)cc1)C(C(=O)Nc1ccccc1)=C(C)N=2. The van der Waals surface area contributed by atoms with Crippen molar-refractivity contribution >= 4 is 74.2 Å². The van der Waals surface area contributed by atoms with Crippen LogP contribution in [0.4, 0.5) is 5.69 Å². The van der Waals surface area contributed by atoms with Gasteiger partial charge in [-0.05, 0) is 107 Å². The molecule has 0 unspecified atom stereocenters. The van der Waals surface area contributed by atoms with Crippen molar-refractivity contribution in [2.24, 2.45) is 4.99 Å². The largest absolute Gasteiger partial charge is 0.494 e. The molecule has 3 aromatic carbocycles. The second-order valence-electron chi connectivity index (χ2n) is 9.31. The molecule has 0 bridgehead atoms. The minimum Gasteiger partial charge on any atom is -0.494 e. The highest BCUT2D eigenvalue weighted by molar-refractivity contribution is 14.1. The van der Waals surface area contributed by atoms with Crippen LogP contribution in [0.2, 0.25) is 0 Å². The van der Waals surface area contributed by atoms with Crippen molar-refractivity contribution in [1.29, 1.82) is 0 Å². The summed E-state index contributed by atoms with van der Waals surface area (Å²) in [7, 11) is 0. The summed E-state index contributed by atoms with van der Waals surface area (Å²) < 4.78 is 15.7. The Hall–Kier alpha value is -3.23. The zero-order valence-corrected chi connectivity index (χ0v) is 28.0. The smallest absolute Gasteiger partial charge is 0.271 e. The van der Waals surface area contributed by atoms with E-state index in [0.717, 1.165) is 18.3 Å². The number of anilines is 1. The highest BCUT2D eigenvalue weighted by Crippen LogP contribution is 2.32. The quantitative estimate of drug-likeness (QED) is 0.165. The first-order chi connectivity index (χ1) is 20.3. The number of ether oxygens (including phenoxy) is 2. The van der Waals surface area contributed by atoms with Gasteiger partial charge in [0.2, 0.25) is 0 Å². The minimum atomic E-state index is -0.685. The molecule has 214 valence electrons. The summed E-state index contributed by atoms with van der Waals surface area (Å²) in [4.78, 5) is 33.2. The van der Waals surface area contributed by atoms with Gasteiger partial charge >= 0.3 is 0 Å². The van der Waals surface area contributed by atoms with Crippen molar-refractivity contribution < 1.29 is 14.3 Å². The Morgan fingerprint density at radius 1 is 1.12 bits per heavy atom. The van der Waals surface area contributed by atoms with E-state index in [1.165, 1.54) is 11.3 Å². The number of fused-ring (bicyclic) bond motifs is 1. The van der Waals surface area contributed by atoms with E-state index in [9.17, 15) is 9.59 Å². The van der Waals surface area contributed by atoms with Crippen LogP contribution in [-0.4, -0.2) is 23.7 Å². The van der Waals surface area contributed by atoms with Crippen molar-refractivity contribution in [3.63, 3.8) is 0 Å². The molecule has 0 spiro atoms. The first-order valence-corrected chi connectivity index (χ1v) is 16.1. The standard InChI is InChI=1S/C32H27I2N3O4S/c1-4-15-41-29-21(16-22(33)18-25(29)34)17-26-31(39)37-28(20-11-13-24(14-12-20)40-5-2)27(19(3)35-32(37)42-26)30(38)36-23-9-7-6-8-10-23/h4,6-14,16-18,28H,1,5,15H2,2-3H3,(H,36,38)/b26-17-/t28-/m1/s1. The first-order valence-electron chi connectivity index (χ1n) is 13.1. The molecule has 1 aliphatic heterocycles. The highest BCUT2D eigenvalue weighted by Gasteiger charge is 2.32. The molecule has 0 radical (unpaired) electrons. The molecule has 2 heterocycles. The monoisotopic (exact) mass is 803 g/mol. The molecule has 1 amide bonds. The molecule has 1 aliphatic rings. The van der Waals surface area contributed by atoms with Crippen LogP contribution in [0.1, 0.15) is 31.0 Å². The van der Waals surface area contributed by atoms with Gasteiger partial charge in [0.05, 0.1) is 32.0 Å². The van der Waals surface area contributed by atoms with Crippen LogP contribution in [0.15, 0.2) is 100 Å². The lowest BCUT2D eigenvalue weighted by Gasteiger charge is -2.25. The maximum Gasteiger partial charge on any atom is 0.271 e. The Morgan fingerprint density at radius 2 is 1.86 bits per heavy atom. The summed E-state index contributed by atoms with van der Waals surface area (Å²) in [5.74, 6) is 1.08. The van der Waals surface area contributed by atoms with E-state index in [-0.39, 0.29) is 11.5 Å². The number of nitrogens with one attached hydrogen (secondary N) is 1. The molecular weight excluding hydrogens is 776 g/mol. The molecule has 0 aliphatic carbocycles. The van der Waals surface area contributed by atoms with Crippen LogP contribution in [0, 0.1) is 7.14 Å². The summed E-state index contributed by atoms with van der Waals surface area (Å²) in [6, 6.07) is 20.1. The number of nitrogens with zero attached hydrogens (tertiary/aromatic N) is 2. The average molecular weight is 803 g/mol. The van der Waals surface area contributed by atoms with Gasteiger partial charge in [-0.3, -0.25) is 14.2 Å². The van der Waals surface area contributed by atoms with Gasteiger partial charge in [-0.25, -0.2) is 4.99 Å². The van der Waals surface area contributed by atoms with E-state index in [1.54, 1.807) is 10.6 Å². The average Bonchev–Trinajstić information content (AvgIpc) is 3.27. The third-order valence-corrected chi connectivity index (χ3v) is 8.88. The molecule has 10 heteroatoms. The fourth-order valence-corrected chi connectivity index (χ4v) is 7.77. The Bertz CT molecular complexity index is 1860. The summed E-state index contributed by atoms with van der Waals surface area (Å²) in [6.07, 6.45) is 3.53. The fraction of sp³-hybridized carbons (Fsp3) is 0.156. The minimum absolute atomic E-state index is 0.237. The number of carbonyl (C=O) groups excluding carboxylic acids is 1. The molecule has 42 heavy (non-hydrogen) atoms. The van der Waals surface area contributed by atoms with Gasteiger partial charge in [0.25, 0.3) is 11.5 Å². The number of halogens is 2. The van der Waals surface area contributed by atoms with Crippen molar-refractivity contribution in [3.05, 3.63) is 129 Å². The number of hydrogen-bond donors (Lipinski definition) is 1. The van der Waals surface area contributed by atoms with Crippen molar-refractivity contribution in [1.82, 2.24) is 4.57 Å². The van der Waals surface area contributed by atoms with Crippen LogP contribution >= 0.6 is 56.5 Å². The molecule has 1 atom stereocenters. The molecule has 5 rings (SSSR count). The topological polar surface area (TPSA) is 81.9 Å². The van der Waals surface area contributed by atoms with Crippen molar-refractivity contribution in [2.75, 3.05) is 18.5 Å². The van der Waals surface area contributed by atoms with E-state index in [1.807, 2.05) is 86.7 Å². The number of benzene rings is 3. The van der Waals surface area contributed by atoms with Gasteiger partial charge in [-0.2, -0.15) is 0 Å². The third kappa shape index (κ3) is 6.40. The second kappa shape index (κ2) is 13.4. The van der Waals surface area contributed by atoms with E-state index < -0.39 is 6.04 Å². The Balaban J connectivity index is 1.68. The van der Waals surface area contributed by atoms with Gasteiger partial charge in [0, 0.05) is 14.8 Å². The third-order valence-electron chi connectivity index (χ3n) is 6.47. The summed E-state index contributed by atoms with van der Waals surface area (Å²) in [5.41, 5.74) is 2.94. The number of para-hydroxylation sites is 1. The number of hydrogen-bond acceptors (Lipinski definition) is 6. The van der Waals surface area contributed by atoms with Crippen LogP contribution in [0.3, 0.4) is 0 Å². The Labute approximate surface area is 274 Å². The summed E-state index contributed by atoms with van der Waals surface area (Å²) >= 11 is 5.78. The molecule has 7 nitrogen and oxygen atoms in total. The molecule has 1 aromatic heterocycles. The predicted molar refractivity (Wildman–Crippen MR) is 184 cm³/mol. The van der Waals surface area contributed by atoms with Crippen molar-refractivity contribution in [3.8, 4) is 11.5 Å². The van der Waals surface area contributed by atoms with Gasteiger partial charge in [0.1, 0.15) is 18.1 Å². The van der Waals surface area contributed by atoms with E-state index >= 15 is 0 Å². The summed E-state index contributed by atoms with van der Waals surface area (Å²) in [5, 5.41) is 2.98. The number of aromatic nitrogens is 1. The molecule has 4 aromatic rings. The highest BCUT2D eigenvalue weighted by atomic mass is 127. The Kier molecular flexibility index (Phi) is 9.63. The van der Waals surface area contributed by atoms with Crippen LogP contribution in [0.25, 0.3) is 6.08 Å². The molecule has 0 saturated heterocycles. The first kappa shape index (κ1) is 30.2. The number of allylic oxidation sites excluding steroid dienone is 1. The maximum atomic E-state index is 14.1. The van der Waals surface area contributed by atoms with Gasteiger partial charge in [-0.15, -0.1) is 0 Å². The molecule has 1 N–H and O–H groups in total. The lowest BCUT2D eigenvalue weighted by atomic mass is 9.95. The number of thiazole rings is 1. The van der Waals surface area contributed by atoms with Crippen LogP contribution < -0.4 is 29.7 Å². The van der Waals surface area contributed by atoms with E-state index in [0.29, 0.717) is 51.0 Å². The number of rotatable bonds is 9. The fourth-order valence-electron chi connectivity index (χ4n) is 4.68. The molecule has 0 saturated carbocycles. The molecule has 0 fully saturated rings. The maximum absolute atomic E-state index is 14.1. The van der Waals surface area contributed by atoms with Gasteiger partial charge < -0.3 is 14.8 Å². The number of amides is 1. The Morgan fingerprint density at radius 3 is 2.55 bits per heavy atom. The zero-order valence-electron chi connectivity index (χ0n) is 22.9.